The van der Waals surface area contributed by atoms with Gasteiger partial charge in [-0.2, -0.15) is 0 Å². The number of nitrogens with one attached hydrogen (secondary N) is 2. The van der Waals surface area contributed by atoms with Crippen LogP contribution in [-0.2, 0) is 4.79 Å². The van der Waals surface area contributed by atoms with Crippen LogP contribution in [0.4, 0.5) is 5.95 Å². The van der Waals surface area contributed by atoms with Crippen molar-refractivity contribution >= 4 is 41.8 Å². The Morgan fingerprint density at radius 1 is 1.19 bits per heavy atom. The average Bonchev–Trinajstić information content (AvgIpc) is 2.81. The molecule has 1 amide bonds. The van der Waals surface area contributed by atoms with Gasteiger partial charge in [-0.25, -0.2) is 9.97 Å². The highest BCUT2D eigenvalue weighted by atomic mass is 127. The predicted octanol–water partition coefficient (Wildman–Crippen LogP) is 1.81. The number of aliphatic imine (C=N–C) groups is 1. The third kappa shape index (κ3) is 9.85. The van der Waals surface area contributed by atoms with Gasteiger partial charge in [0, 0.05) is 64.6 Å². The Bertz CT molecular complexity index is 663. The lowest BCUT2D eigenvalue weighted by molar-refractivity contribution is -0.131. The number of aromatic nitrogens is 2. The van der Waals surface area contributed by atoms with Crippen LogP contribution >= 0.6 is 24.0 Å². The summed E-state index contributed by atoms with van der Waals surface area (Å²) in [6.45, 7) is 13.4. The molecule has 0 spiro atoms. The van der Waals surface area contributed by atoms with Gasteiger partial charge in [0.2, 0.25) is 11.9 Å². The summed E-state index contributed by atoms with van der Waals surface area (Å²) >= 11 is 0. The van der Waals surface area contributed by atoms with E-state index in [4.69, 9.17) is 0 Å². The second-order valence-corrected chi connectivity index (χ2v) is 7.88. The zero-order valence-electron chi connectivity index (χ0n) is 20.1. The maximum Gasteiger partial charge on any atom is 0.225 e. The Kier molecular flexibility index (Phi) is 14.2. The third-order valence-corrected chi connectivity index (χ3v) is 5.71. The molecule has 1 saturated heterocycles. The van der Waals surface area contributed by atoms with Gasteiger partial charge in [-0.3, -0.25) is 9.79 Å². The molecule has 1 unspecified atom stereocenters. The smallest absolute Gasteiger partial charge is 0.225 e. The van der Waals surface area contributed by atoms with E-state index in [0.717, 1.165) is 57.5 Å². The summed E-state index contributed by atoms with van der Waals surface area (Å²) in [4.78, 5) is 31.9. The van der Waals surface area contributed by atoms with Gasteiger partial charge in [-0.15, -0.1) is 24.0 Å². The highest BCUT2D eigenvalue weighted by Gasteiger charge is 2.22. The average molecular weight is 561 g/mol. The highest BCUT2D eigenvalue weighted by molar-refractivity contribution is 14.0. The molecule has 1 aromatic rings. The number of carbonyl (C=O) groups excluding carboxylic acids is 1. The van der Waals surface area contributed by atoms with E-state index in [-0.39, 0.29) is 29.9 Å². The van der Waals surface area contributed by atoms with Crippen LogP contribution in [-0.4, -0.2) is 97.1 Å². The lowest BCUT2D eigenvalue weighted by Crippen LogP contribution is -2.50. The van der Waals surface area contributed by atoms with Crippen molar-refractivity contribution in [3.8, 4) is 0 Å². The van der Waals surface area contributed by atoms with E-state index < -0.39 is 0 Å². The second kappa shape index (κ2) is 16.0. The molecule has 10 heteroatoms. The number of amides is 1. The summed E-state index contributed by atoms with van der Waals surface area (Å²) in [6, 6.07) is 2.15. The molecule has 0 aliphatic carbocycles. The maximum atomic E-state index is 12.6. The molecule has 1 aliphatic heterocycles. The summed E-state index contributed by atoms with van der Waals surface area (Å²) in [6.07, 6.45) is 6.20. The maximum absolute atomic E-state index is 12.6. The molecule has 0 radical (unpaired) electrons. The Balaban J connectivity index is 0.00000512. The lowest BCUT2D eigenvalue weighted by atomic mass is 10.2. The minimum atomic E-state index is 0. The minimum Gasteiger partial charge on any atom is -0.356 e. The van der Waals surface area contributed by atoms with Crippen LogP contribution in [0.3, 0.4) is 0 Å². The molecule has 182 valence electrons. The first-order valence-corrected chi connectivity index (χ1v) is 11.6. The van der Waals surface area contributed by atoms with Crippen molar-refractivity contribution in [2.45, 2.75) is 46.1 Å². The summed E-state index contributed by atoms with van der Waals surface area (Å²) in [7, 11) is 1.77. The van der Waals surface area contributed by atoms with Gasteiger partial charge >= 0.3 is 0 Å². The van der Waals surface area contributed by atoms with Crippen molar-refractivity contribution in [2.75, 3.05) is 64.3 Å². The van der Waals surface area contributed by atoms with E-state index in [2.05, 4.69) is 56.2 Å². The SMILES string of the molecule is CCN(CC)CCCC(C)NC(=NC)NCCC(=O)N1CCN(c2ncccn2)CC1.I. The van der Waals surface area contributed by atoms with Crippen molar-refractivity contribution in [2.24, 2.45) is 4.99 Å². The Hall–Kier alpha value is -1.69. The van der Waals surface area contributed by atoms with Gasteiger partial charge in [-0.05, 0) is 45.5 Å². The van der Waals surface area contributed by atoms with E-state index in [1.807, 2.05) is 11.0 Å². The van der Waals surface area contributed by atoms with Crippen LogP contribution in [0.5, 0.6) is 0 Å². The van der Waals surface area contributed by atoms with Crippen molar-refractivity contribution in [1.29, 1.82) is 0 Å². The Morgan fingerprint density at radius 2 is 1.84 bits per heavy atom. The number of nitrogens with zero attached hydrogens (tertiary/aromatic N) is 6. The van der Waals surface area contributed by atoms with E-state index in [1.165, 1.54) is 0 Å². The van der Waals surface area contributed by atoms with E-state index >= 15 is 0 Å². The first-order chi connectivity index (χ1) is 15.1. The van der Waals surface area contributed by atoms with E-state index in [1.54, 1.807) is 19.4 Å². The molecular formula is C22H41IN8O. The number of halogens is 1. The zero-order chi connectivity index (χ0) is 22.5. The van der Waals surface area contributed by atoms with Crippen LogP contribution in [0.2, 0.25) is 0 Å². The summed E-state index contributed by atoms with van der Waals surface area (Å²) in [5.74, 6) is 1.66. The van der Waals surface area contributed by atoms with Crippen LogP contribution in [0, 0.1) is 0 Å². The molecule has 1 fully saturated rings. The van der Waals surface area contributed by atoms with Crippen LogP contribution < -0.4 is 15.5 Å². The van der Waals surface area contributed by atoms with Crippen molar-refractivity contribution < 1.29 is 4.79 Å². The zero-order valence-corrected chi connectivity index (χ0v) is 22.4. The fourth-order valence-corrected chi connectivity index (χ4v) is 3.72. The van der Waals surface area contributed by atoms with E-state index in [0.29, 0.717) is 32.1 Å². The molecule has 1 aliphatic rings. The minimum absolute atomic E-state index is 0. The summed E-state index contributed by atoms with van der Waals surface area (Å²) in [5, 5.41) is 6.71. The monoisotopic (exact) mass is 560 g/mol. The molecule has 32 heavy (non-hydrogen) atoms. The van der Waals surface area contributed by atoms with Crippen LogP contribution in [0.15, 0.2) is 23.5 Å². The standard InChI is InChI=1S/C22H40N8O.HI/c1-5-28(6-2)14-7-9-19(3)27-21(23-4)24-13-10-20(31)29-15-17-30(18-16-29)22-25-11-8-12-26-22;/h8,11-12,19H,5-7,9-10,13-18H2,1-4H3,(H2,23,24,27);1H. The first-order valence-electron chi connectivity index (χ1n) is 11.6. The number of hydrogen-bond acceptors (Lipinski definition) is 6. The first kappa shape index (κ1) is 28.3. The molecule has 1 atom stereocenters. The van der Waals surface area contributed by atoms with Crippen molar-refractivity contribution in [3.63, 3.8) is 0 Å². The fraction of sp³-hybridized carbons (Fsp3) is 0.727. The van der Waals surface area contributed by atoms with E-state index in [9.17, 15) is 4.79 Å². The van der Waals surface area contributed by atoms with Crippen LogP contribution in [0.25, 0.3) is 0 Å². The quantitative estimate of drug-likeness (QED) is 0.243. The van der Waals surface area contributed by atoms with Crippen LogP contribution in [0.1, 0.15) is 40.0 Å². The molecule has 0 saturated carbocycles. The lowest BCUT2D eigenvalue weighted by Gasteiger charge is -2.34. The fourth-order valence-electron chi connectivity index (χ4n) is 3.72. The molecular weight excluding hydrogens is 519 g/mol. The molecule has 9 nitrogen and oxygen atoms in total. The third-order valence-electron chi connectivity index (χ3n) is 5.71. The number of piperazine rings is 1. The van der Waals surface area contributed by atoms with Gasteiger partial charge in [0.25, 0.3) is 0 Å². The molecule has 0 aromatic carbocycles. The summed E-state index contributed by atoms with van der Waals surface area (Å²) < 4.78 is 0. The molecule has 2 rings (SSSR count). The largest absolute Gasteiger partial charge is 0.356 e. The highest BCUT2D eigenvalue weighted by Crippen LogP contribution is 2.10. The summed E-state index contributed by atoms with van der Waals surface area (Å²) in [5.41, 5.74) is 0. The van der Waals surface area contributed by atoms with Gasteiger partial charge < -0.3 is 25.3 Å². The van der Waals surface area contributed by atoms with Crippen molar-refractivity contribution in [1.82, 2.24) is 30.4 Å². The normalized spacial score (nSPS) is 15.3. The number of carbonyl (C=O) groups is 1. The second-order valence-electron chi connectivity index (χ2n) is 7.88. The molecule has 2 heterocycles. The van der Waals surface area contributed by atoms with Gasteiger partial charge in [-0.1, -0.05) is 13.8 Å². The van der Waals surface area contributed by atoms with Gasteiger partial charge in [0.1, 0.15) is 0 Å². The van der Waals surface area contributed by atoms with Gasteiger partial charge in [0.15, 0.2) is 5.96 Å². The predicted molar refractivity (Wildman–Crippen MR) is 142 cm³/mol. The number of rotatable bonds is 11. The number of hydrogen-bond donors (Lipinski definition) is 2. The molecule has 2 N–H and O–H groups in total. The van der Waals surface area contributed by atoms with Crippen molar-refractivity contribution in [3.05, 3.63) is 18.5 Å². The topological polar surface area (TPSA) is 89.0 Å². The Labute approximate surface area is 210 Å². The molecule has 0 bridgehead atoms. The molecule has 1 aromatic heterocycles. The van der Waals surface area contributed by atoms with Gasteiger partial charge in [0.05, 0.1) is 0 Å². The number of guanidine groups is 1. The Morgan fingerprint density at radius 3 is 2.44 bits per heavy atom. The number of anilines is 1.